The van der Waals surface area contributed by atoms with Crippen LogP contribution in [0.4, 0.5) is 8.78 Å². The Hall–Kier alpha value is -1.56. The van der Waals surface area contributed by atoms with E-state index in [9.17, 15) is 8.78 Å². The molecule has 0 saturated carbocycles. The van der Waals surface area contributed by atoms with Crippen molar-refractivity contribution in [3.63, 3.8) is 0 Å². The molecule has 0 amide bonds. The van der Waals surface area contributed by atoms with Crippen molar-refractivity contribution in [3.8, 4) is 0 Å². The van der Waals surface area contributed by atoms with Crippen molar-refractivity contribution < 1.29 is 8.78 Å². The maximum absolute atomic E-state index is 13.0. The van der Waals surface area contributed by atoms with Crippen molar-refractivity contribution in [2.45, 2.75) is 0 Å². The molecule has 1 aromatic rings. The molecule has 0 aliphatic carbocycles. The number of hydrogen-bond donors (Lipinski definition) is 2. The first-order valence-electron chi connectivity index (χ1n) is 4.09. The van der Waals surface area contributed by atoms with Gasteiger partial charge in [0.15, 0.2) is 5.11 Å². The molecule has 2 N–H and O–H groups in total. The monoisotopic (exact) mass is 229 g/mol. The lowest BCUT2D eigenvalue weighted by atomic mass is 10.2. The molecule has 80 valence electrons. The highest BCUT2D eigenvalue weighted by molar-refractivity contribution is 7.80. The van der Waals surface area contributed by atoms with Gasteiger partial charge in [-0.25, -0.2) is 8.78 Å². The van der Waals surface area contributed by atoms with Gasteiger partial charge in [-0.2, -0.15) is 5.10 Å². The van der Waals surface area contributed by atoms with E-state index in [0.717, 1.165) is 12.1 Å². The number of rotatable bonds is 2. The van der Waals surface area contributed by atoms with E-state index in [-0.39, 0.29) is 5.56 Å². The molecule has 1 rings (SSSR count). The molecule has 0 spiro atoms. The zero-order valence-electron chi connectivity index (χ0n) is 7.92. The molecule has 0 unspecified atom stereocenters. The van der Waals surface area contributed by atoms with Gasteiger partial charge in [-0.15, -0.1) is 0 Å². The lowest BCUT2D eigenvalue weighted by molar-refractivity contribution is 0.582. The van der Waals surface area contributed by atoms with E-state index in [1.807, 2.05) is 0 Å². The van der Waals surface area contributed by atoms with Gasteiger partial charge in [0.2, 0.25) is 0 Å². The highest BCUT2D eigenvalue weighted by atomic mass is 32.1. The van der Waals surface area contributed by atoms with Crippen LogP contribution < -0.4 is 10.7 Å². The topological polar surface area (TPSA) is 36.4 Å². The van der Waals surface area contributed by atoms with E-state index in [1.54, 1.807) is 7.05 Å². The Morgan fingerprint density at radius 2 is 2.20 bits per heavy atom. The van der Waals surface area contributed by atoms with Gasteiger partial charge >= 0.3 is 0 Å². The summed E-state index contributed by atoms with van der Waals surface area (Å²) in [5.74, 6) is -1.29. The smallest absolute Gasteiger partial charge is 0.186 e. The predicted molar refractivity (Wildman–Crippen MR) is 58.7 cm³/mol. The van der Waals surface area contributed by atoms with Gasteiger partial charge in [0, 0.05) is 18.7 Å². The molecule has 0 saturated heterocycles. The Bertz CT molecular complexity index is 393. The summed E-state index contributed by atoms with van der Waals surface area (Å²) in [6.45, 7) is 0. The Morgan fingerprint density at radius 3 is 2.80 bits per heavy atom. The third-order valence-corrected chi connectivity index (χ3v) is 1.85. The van der Waals surface area contributed by atoms with Gasteiger partial charge in [-0.1, -0.05) is 0 Å². The summed E-state index contributed by atoms with van der Waals surface area (Å²) < 4.78 is 25.6. The maximum Gasteiger partial charge on any atom is 0.186 e. The molecule has 0 fully saturated rings. The van der Waals surface area contributed by atoms with E-state index in [2.05, 4.69) is 15.8 Å². The molecule has 0 aliphatic heterocycles. The molecular weight excluding hydrogens is 220 g/mol. The highest BCUT2D eigenvalue weighted by Crippen LogP contribution is 2.06. The van der Waals surface area contributed by atoms with Crippen LogP contribution in [0.5, 0.6) is 0 Å². The van der Waals surface area contributed by atoms with Crippen molar-refractivity contribution >= 4 is 23.5 Å². The summed E-state index contributed by atoms with van der Waals surface area (Å²) in [6.07, 6.45) is 1.22. The summed E-state index contributed by atoms with van der Waals surface area (Å²) in [7, 11) is 1.63. The van der Waals surface area contributed by atoms with Crippen LogP contribution in [0.1, 0.15) is 5.56 Å². The Kier molecular flexibility index (Phi) is 4.11. The summed E-state index contributed by atoms with van der Waals surface area (Å²) in [4.78, 5) is 0. The van der Waals surface area contributed by atoms with Gasteiger partial charge in [-0.3, -0.25) is 5.43 Å². The number of nitrogens with zero attached hydrogens (tertiary/aromatic N) is 1. The van der Waals surface area contributed by atoms with Crippen molar-refractivity contribution in [3.05, 3.63) is 35.4 Å². The number of hydrazone groups is 1. The summed E-state index contributed by atoms with van der Waals surface area (Å²) in [6, 6.07) is 3.23. The van der Waals surface area contributed by atoms with Crippen LogP contribution in [0, 0.1) is 11.6 Å². The van der Waals surface area contributed by atoms with Crippen molar-refractivity contribution in [2.24, 2.45) is 5.10 Å². The SMILES string of the molecule is CNC(=S)NN=Cc1ccc(F)cc1F. The Balaban J connectivity index is 2.68. The quantitative estimate of drug-likeness (QED) is 0.457. The minimum atomic E-state index is -0.670. The molecular formula is C9H9F2N3S. The van der Waals surface area contributed by atoms with Gasteiger partial charge in [0.05, 0.1) is 6.21 Å². The lowest BCUT2D eigenvalue weighted by Gasteiger charge is -2.00. The third-order valence-electron chi connectivity index (χ3n) is 1.56. The fourth-order valence-corrected chi connectivity index (χ4v) is 0.875. The minimum Gasteiger partial charge on any atom is -0.364 e. The molecule has 0 aliphatic rings. The van der Waals surface area contributed by atoms with Gasteiger partial charge in [0.1, 0.15) is 11.6 Å². The van der Waals surface area contributed by atoms with Gasteiger partial charge in [-0.05, 0) is 24.4 Å². The van der Waals surface area contributed by atoms with Gasteiger partial charge in [0.25, 0.3) is 0 Å². The van der Waals surface area contributed by atoms with Crippen LogP contribution in [0.25, 0.3) is 0 Å². The van der Waals surface area contributed by atoms with Crippen LogP contribution in [0.2, 0.25) is 0 Å². The summed E-state index contributed by atoms with van der Waals surface area (Å²) >= 11 is 4.73. The number of thiocarbonyl (C=S) groups is 1. The van der Waals surface area contributed by atoms with Crippen LogP contribution >= 0.6 is 12.2 Å². The van der Waals surface area contributed by atoms with Crippen LogP contribution in [0.3, 0.4) is 0 Å². The average Bonchev–Trinajstić information content (AvgIpc) is 2.21. The normalized spacial score (nSPS) is 10.3. The number of nitrogens with one attached hydrogen (secondary N) is 2. The highest BCUT2D eigenvalue weighted by Gasteiger charge is 2.00. The van der Waals surface area contributed by atoms with Crippen LogP contribution in [-0.4, -0.2) is 18.4 Å². The molecule has 6 heteroatoms. The van der Waals surface area contributed by atoms with Crippen molar-refractivity contribution in [2.75, 3.05) is 7.05 Å². The molecule has 0 atom stereocenters. The molecule has 15 heavy (non-hydrogen) atoms. The average molecular weight is 229 g/mol. The largest absolute Gasteiger partial charge is 0.364 e. The maximum atomic E-state index is 13.0. The van der Waals surface area contributed by atoms with E-state index >= 15 is 0 Å². The Labute approximate surface area is 91.2 Å². The second-order valence-corrected chi connectivity index (χ2v) is 3.02. The first-order valence-corrected chi connectivity index (χ1v) is 4.50. The molecule has 3 nitrogen and oxygen atoms in total. The van der Waals surface area contributed by atoms with Crippen molar-refractivity contribution in [1.29, 1.82) is 0 Å². The molecule has 0 heterocycles. The summed E-state index contributed by atoms with van der Waals surface area (Å²) in [5, 5.41) is 6.60. The molecule has 0 radical (unpaired) electrons. The Morgan fingerprint density at radius 1 is 1.47 bits per heavy atom. The molecule has 0 bridgehead atoms. The van der Waals surface area contributed by atoms with E-state index in [0.29, 0.717) is 5.11 Å². The van der Waals surface area contributed by atoms with E-state index in [4.69, 9.17) is 12.2 Å². The predicted octanol–water partition coefficient (Wildman–Crippen LogP) is 1.39. The number of hydrogen-bond acceptors (Lipinski definition) is 2. The second-order valence-electron chi connectivity index (χ2n) is 2.61. The molecule has 1 aromatic carbocycles. The number of halogens is 2. The zero-order chi connectivity index (χ0) is 11.3. The second kappa shape index (κ2) is 5.35. The fourth-order valence-electron chi connectivity index (χ4n) is 0.823. The number of benzene rings is 1. The first kappa shape index (κ1) is 11.5. The zero-order valence-corrected chi connectivity index (χ0v) is 8.74. The van der Waals surface area contributed by atoms with E-state index in [1.165, 1.54) is 12.3 Å². The van der Waals surface area contributed by atoms with E-state index < -0.39 is 11.6 Å². The lowest BCUT2D eigenvalue weighted by Crippen LogP contribution is -2.28. The molecule has 0 aromatic heterocycles. The summed E-state index contributed by atoms with van der Waals surface area (Å²) in [5.41, 5.74) is 2.64. The van der Waals surface area contributed by atoms with Crippen LogP contribution in [0.15, 0.2) is 23.3 Å². The van der Waals surface area contributed by atoms with Crippen LogP contribution in [-0.2, 0) is 0 Å². The first-order chi connectivity index (χ1) is 7.13. The standard InChI is InChI=1S/C9H9F2N3S/c1-12-9(15)14-13-5-6-2-3-7(10)4-8(6)11/h2-5H,1H3,(H2,12,14,15). The minimum absolute atomic E-state index is 0.183. The fraction of sp³-hybridized carbons (Fsp3) is 0.111. The van der Waals surface area contributed by atoms with Crippen molar-refractivity contribution in [1.82, 2.24) is 10.7 Å². The van der Waals surface area contributed by atoms with Gasteiger partial charge < -0.3 is 5.32 Å². The third kappa shape index (κ3) is 3.59.